The van der Waals surface area contributed by atoms with Gasteiger partial charge in [-0.1, -0.05) is 19.8 Å². The van der Waals surface area contributed by atoms with Crippen LogP contribution in [0.3, 0.4) is 0 Å². The van der Waals surface area contributed by atoms with Crippen LogP contribution in [0, 0.1) is 0 Å². The summed E-state index contributed by atoms with van der Waals surface area (Å²) in [6.07, 6.45) is 2.59. The van der Waals surface area contributed by atoms with Crippen molar-refractivity contribution >= 4 is 10.3 Å². The highest BCUT2D eigenvalue weighted by Gasteiger charge is 2.08. The molecule has 0 aliphatic heterocycles. The first-order chi connectivity index (χ1) is 5.12. The standard InChI is InChI=1S/C5H12N2O3S/c1-2-3-4-5-10-11(8,9)7-6/h7H,2-5H2,1H3. The average Bonchev–Trinajstić information content (AvgIpc) is 1.99. The van der Waals surface area contributed by atoms with E-state index >= 15 is 0 Å². The lowest BCUT2D eigenvalue weighted by atomic mass is 10.3. The molecular weight excluding hydrogens is 168 g/mol. The Morgan fingerprint density at radius 1 is 1.45 bits per heavy atom. The molecule has 0 atom stereocenters. The van der Waals surface area contributed by atoms with Crippen LogP contribution in [0.5, 0.6) is 0 Å². The molecule has 0 fully saturated rings. The summed E-state index contributed by atoms with van der Waals surface area (Å²) in [5, 5.41) is 0. The quantitative estimate of drug-likeness (QED) is 0.443. The number of hydrogen-bond donors (Lipinski definition) is 1. The Kier molecular flexibility index (Phi) is 4.97. The Bertz CT molecular complexity index is 200. The highest BCUT2D eigenvalue weighted by atomic mass is 32.2. The SMILES string of the molecule is CCCCCOS(=O)(=O)[NH+]=[N-]. The maximum atomic E-state index is 10.4. The molecule has 0 aromatic rings. The van der Waals surface area contributed by atoms with E-state index in [4.69, 9.17) is 5.53 Å². The van der Waals surface area contributed by atoms with E-state index in [0.29, 0.717) is 6.42 Å². The van der Waals surface area contributed by atoms with Crippen LogP contribution in [0.4, 0.5) is 0 Å². The fourth-order valence-corrected chi connectivity index (χ4v) is 0.937. The normalized spacial score (nSPS) is 11.4. The minimum Gasteiger partial charge on any atom is -0.487 e. The van der Waals surface area contributed by atoms with Crippen LogP contribution < -0.4 is 4.52 Å². The fourth-order valence-electron chi connectivity index (χ4n) is 0.547. The molecule has 0 spiro atoms. The third-order valence-electron chi connectivity index (χ3n) is 1.10. The molecule has 66 valence electrons. The van der Waals surface area contributed by atoms with E-state index in [1.807, 2.05) is 6.92 Å². The predicted molar refractivity (Wildman–Crippen MR) is 38.7 cm³/mol. The molecule has 0 unspecified atom stereocenters. The highest BCUT2D eigenvalue weighted by Crippen LogP contribution is 1.94. The molecule has 1 N–H and O–H groups in total. The van der Waals surface area contributed by atoms with Gasteiger partial charge in [-0.3, -0.25) is 0 Å². The number of nitrogens with one attached hydrogen (secondary N) is 1. The van der Waals surface area contributed by atoms with E-state index in [-0.39, 0.29) is 6.61 Å². The van der Waals surface area contributed by atoms with Gasteiger partial charge in [0.1, 0.15) is 0 Å². The van der Waals surface area contributed by atoms with Crippen molar-refractivity contribution in [3.8, 4) is 0 Å². The van der Waals surface area contributed by atoms with Gasteiger partial charge in [0.25, 0.3) is 0 Å². The van der Waals surface area contributed by atoms with E-state index in [0.717, 1.165) is 17.4 Å². The highest BCUT2D eigenvalue weighted by molar-refractivity contribution is 7.79. The largest absolute Gasteiger partial charge is 0.496 e. The van der Waals surface area contributed by atoms with Crippen LogP contribution in [0.25, 0.3) is 5.53 Å². The minimum absolute atomic E-state index is 0.115. The second-order valence-corrected chi connectivity index (χ2v) is 3.40. The Labute approximate surface area is 66.5 Å². The van der Waals surface area contributed by atoms with Crippen molar-refractivity contribution in [1.82, 2.24) is 0 Å². The van der Waals surface area contributed by atoms with Crippen LogP contribution in [0.1, 0.15) is 26.2 Å². The zero-order valence-electron chi connectivity index (χ0n) is 6.41. The van der Waals surface area contributed by atoms with Gasteiger partial charge in [0.05, 0.1) is 6.61 Å². The molecule has 0 aromatic carbocycles. The number of hydrogen-bond acceptors (Lipinski definition) is 3. The molecule has 0 rings (SSSR count). The molecule has 5 nitrogen and oxygen atoms in total. The molecule has 0 aliphatic carbocycles. The van der Waals surface area contributed by atoms with Gasteiger partial charge in [0.15, 0.2) is 0 Å². The van der Waals surface area contributed by atoms with Crippen molar-refractivity contribution in [2.45, 2.75) is 26.2 Å². The van der Waals surface area contributed by atoms with E-state index < -0.39 is 10.3 Å². The lowest BCUT2D eigenvalue weighted by molar-refractivity contribution is -0.309. The van der Waals surface area contributed by atoms with Crippen LogP contribution in [-0.4, -0.2) is 15.0 Å². The smallest absolute Gasteiger partial charge is 0.487 e. The summed E-state index contributed by atoms with van der Waals surface area (Å²) < 4.78 is 26.1. The maximum absolute atomic E-state index is 10.4. The van der Waals surface area contributed by atoms with Crippen molar-refractivity contribution in [1.29, 1.82) is 0 Å². The van der Waals surface area contributed by atoms with E-state index in [1.54, 1.807) is 0 Å². The Morgan fingerprint density at radius 2 is 2.09 bits per heavy atom. The predicted octanol–water partition coefficient (Wildman–Crippen LogP) is -0.460. The van der Waals surface area contributed by atoms with E-state index in [2.05, 4.69) is 4.18 Å². The maximum Gasteiger partial charge on any atom is 0.496 e. The summed E-state index contributed by atoms with van der Waals surface area (Å²) >= 11 is 0. The van der Waals surface area contributed by atoms with Crippen molar-refractivity contribution < 1.29 is 17.1 Å². The topological polar surface area (TPSA) is 79.6 Å². The molecular formula is C5H12N2O3S. The van der Waals surface area contributed by atoms with Gasteiger partial charge < -0.3 is 5.53 Å². The number of nitrogens with zero attached hydrogens (tertiary/aromatic N) is 1. The molecule has 6 heteroatoms. The molecule has 11 heavy (non-hydrogen) atoms. The molecule has 0 radical (unpaired) electrons. The third kappa shape index (κ3) is 5.93. The van der Waals surface area contributed by atoms with Gasteiger partial charge in [-0.25, -0.2) is 4.18 Å². The summed E-state index contributed by atoms with van der Waals surface area (Å²) in [6.45, 7) is 2.11. The zero-order valence-corrected chi connectivity index (χ0v) is 7.23. The summed E-state index contributed by atoms with van der Waals surface area (Å²) in [5.74, 6) is 0. The van der Waals surface area contributed by atoms with E-state index in [9.17, 15) is 8.42 Å². The first kappa shape index (κ1) is 10.5. The zero-order chi connectivity index (χ0) is 8.74. The second-order valence-electron chi connectivity index (χ2n) is 2.07. The Morgan fingerprint density at radius 3 is 2.55 bits per heavy atom. The van der Waals surface area contributed by atoms with Gasteiger partial charge in [0.2, 0.25) is 0 Å². The van der Waals surface area contributed by atoms with Crippen molar-refractivity contribution in [3.63, 3.8) is 0 Å². The number of unbranched alkanes of at least 4 members (excludes halogenated alkanes) is 2. The Balaban J connectivity index is 3.47. The lowest BCUT2D eigenvalue weighted by Gasteiger charge is -1.96. The van der Waals surface area contributed by atoms with Gasteiger partial charge in [-0.2, -0.15) is 4.52 Å². The molecule has 0 saturated heterocycles. The first-order valence-corrected chi connectivity index (χ1v) is 4.83. The summed E-state index contributed by atoms with van der Waals surface area (Å²) in [7, 11) is -3.89. The monoisotopic (exact) mass is 180 g/mol. The minimum atomic E-state index is -3.89. The van der Waals surface area contributed by atoms with E-state index in [1.165, 1.54) is 0 Å². The van der Waals surface area contributed by atoms with Crippen LogP contribution in [-0.2, 0) is 14.5 Å². The van der Waals surface area contributed by atoms with Crippen LogP contribution >= 0.6 is 0 Å². The first-order valence-electron chi connectivity index (χ1n) is 3.42. The molecule has 0 aromatic heterocycles. The Hall–Kier alpha value is -0.490. The number of rotatable bonds is 6. The molecule has 0 heterocycles. The van der Waals surface area contributed by atoms with Gasteiger partial charge in [-0.15, -0.1) is 8.42 Å². The molecule has 0 bridgehead atoms. The summed E-state index contributed by atoms with van der Waals surface area (Å²) in [6, 6.07) is 0. The van der Waals surface area contributed by atoms with Crippen molar-refractivity contribution in [2.24, 2.45) is 0 Å². The van der Waals surface area contributed by atoms with Gasteiger partial charge in [-0.05, 0) is 6.42 Å². The van der Waals surface area contributed by atoms with Crippen molar-refractivity contribution in [3.05, 3.63) is 5.53 Å². The van der Waals surface area contributed by atoms with Gasteiger partial charge >= 0.3 is 10.3 Å². The van der Waals surface area contributed by atoms with Crippen LogP contribution in [0.15, 0.2) is 0 Å². The summed E-state index contributed by atoms with van der Waals surface area (Å²) in [4.78, 5) is 0. The fraction of sp³-hybridized carbons (Fsp3) is 1.00. The van der Waals surface area contributed by atoms with Gasteiger partial charge in [0, 0.05) is 0 Å². The average molecular weight is 180 g/mol. The molecule has 0 saturated carbocycles. The summed E-state index contributed by atoms with van der Waals surface area (Å²) in [5.41, 5.74) is 7.99. The van der Waals surface area contributed by atoms with Crippen molar-refractivity contribution in [2.75, 3.05) is 6.61 Å². The lowest BCUT2D eigenvalue weighted by Crippen LogP contribution is -2.68. The van der Waals surface area contributed by atoms with Crippen LogP contribution in [0.2, 0.25) is 0 Å². The molecule has 0 amide bonds. The third-order valence-corrected chi connectivity index (χ3v) is 1.80. The second kappa shape index (κ2) is 5.20. The molecule has 0 aliphatic rings.